The van der Waals surface area contributed by atoms with E-state index < -0.39 is 0 Å². The van der Waals surface area contributed by atoms with Gasteiger partial charge in [-0.05, 0) is 37.6 Å². The van der Waals surface area contributed by atoms with Crippen LogP contribution in [0.2, 0.25) is 0 Å². The van der Waals surface area contributed by atoms with Gasteiger partial charge in [-0.2, -0.15) is 0 Å². The van der Waals surface area contributed by atoms with E-state index in [1.165, 1.54) is 41.6 Å². The molecule has 3 nitrogen and oxygen atoms in total. The van der Waals surface area contributed by atoms with Gasteiger partial charge in [0.05, 0.1) is 5.69 Å². The zero-order chi connectivity index (χ0) is 14.5. The van der Waals surface area contributed by atoms with Crippen LogP contribution in [0, 0.1) is 11.8 Å². The summed E-state index contributed by atoms with van der Waals surface area (Å²) < 4.78 is 0. The largest absolute Gasteiger partial charge is 0.348 e. The maximum atomic E-state index is 4.88. The monoisotopic (exact) mass is 295 g/mol. The molecule has 1 aromatic rings. The lowest BCUT2D eigenvalue weighted by molar-refractivity contribution is 0.438. The third-order valence-electron chi connectivity index (χ3n) is 3.99. The molecule has 114 valence electrons. The van der Waals surface area contributed by atoms with Crippen molar-refractivity contribution in [1.29, 1.82) is 0 Å². The number of hydrogen-bond donors (Lipinski definition) is 1. The standard InChI is InChI=1S/C16H29N3S/c1-5-14-15(11-17-10-12(2)3)20-16(18-14)19-8-6-13(4)7-9-19/h12-13,17H,5-11H2,1-4H3. The van der Waals surface area contributed by atoms with Crippen molar-refractivity contribution in [3.05, 3.63) is 10.6 Å². The predicted octanol–water partition coefficient (Wildman–Crippen LogP) is 3.69. The summed E-state index contributed by atoms with van der Waals surface area (Å²) in [5.74, 6) is 1.58. The van der Waals surface area contributed by atoms with E-state index in [0.29, 0.717) is 5.92 Å². The first kappa shape index (κ1) is 15.8. The minimum Gasteiger partial charge on any atom is -0.348 e. The van der Waals surface area contributed by atoms with Crippen LogP contribution in [0.4, 0.5) is 5.13 Å². The minimum absolute atomic E-state index is 0.705. The van der Waals surface area contributed by atoms with Gasteiger partial charge in [-0.3, -0.25) is 0 Å². The van der Waals surface area contributed by atoms with Gasteiger partial charge in [-0.25, -0.2) is 4.98 Å². The van der Waals surface area contributed by atoms with Crippen LogP contribution in [0.1, 0.15) is 51.1 Å². The van der Waals surface area contributed by atoms with Crippen molar-refractivity contribution in [3.63, 3.8) is 0 Å². The van der Waals surface area contributed by atoms with Crippen LogP contribution in [0.5, 0.6) is 0 Å². The molecule has 0 amide bonds. The van der Waals surface area contributed by atoms with Crippen molar-refractivity contribution in [1.82, 2.24) is 10.3 Å². The summed E-state index contributed by atoms with van der Waals surface area (Å²) >= 11 is 1.90. The van der Waals surface area contributed by atoms with Crippen LogP contribution < -0.4 is 10.2 Å². The quantitative estimate of drug-likeness (QED) is 0.867. The minimum atomic E-state index is 0.705. The topological polar surface area (TPSA) is 28.2 Å². The van der Waals surface area contributed by atoms with Gasteiger partial charge in [0.2, 0.25) is 0 Å². The molecule has 0 spiro atoms. The SMILES string of the molecule is CCc1nc(N2CCC(C)CC2)sc1CNCC(C)C. The molecule has 2 heterocycles. The zero-order valence-corrected chi connectivity index (χ0v) is 14.2. The van der Waals surface area contributed by atoms with Gasteiger partial charge in [-0.1, -0.05) is 27.7 Å². The number of thiazole rings is 1. The van der Waals surface area contributed by atoms with Gasteiger partial charge in [-0.15, -0.1) is 11.3 Å². The van der Waals surface area contributed by atoms with Crippen molar-refractivity contribution >= 4 is 16.5 Å². The summed E-state index contributed by atoms with van der Waals surface area (Å²) in [7, 11) is 0. The fourth-order valence-electron chi connectivity index (χ4n) is 2.59. The molecule has 0 aliphatic carbocycles. The lowest BCUT2D eigenvalue weighted by Gasteiger charge is -2.29. The summed E-state index contributed by atoms with van der Waals surface area (Å²) in [4.78, 5) is 8.79. The van der Waals surface area contributed by atoms with Crippen LogP contribution in [0.15, 0.2) is 0 Å². The third-order valence-corrected chi connectivity index (χ3v) is 5.15. The summed E-state index contributed by atoms with van der Waals surface area (Å²) in [6.45, 7) is 13.5. The molecular weight excluding hydrogens is 266 g/mol. The molecule has 1 saturated heterocycles. The first-order chi connectivity index (χ1) is 9.60. The van der Waals surface area contributed by atoms with Crippen LogP contribution in [-0.2, 0) is 13.0 Å². The van der Waals surface area contributed by atoms with Gasteiger partial charge in [0.1, 0.15) is 0 Å². The molecule has 0 aromatic carbocycles. The van der Waals surface area contributed by atoms with Gasteiger partial charge < -0.3 is 10.2 Å². The summed E-state index contributed by atoms with van der Waals surface area (Å²) in [5, 5.41) is 4.80. The van der Waals surface area contributed by atoms with Crippen LogP contribution in [0.3, 0.4) is 0 Å². The van der Waals surface area contributed by atoms with E-state index in [1.807, 2.05) is 11.3 Å². The molecule has 2 rings (SSSR count). The van der Waals surface area contributed by atoms with Crippen molar-refractivity contribution < 1.29 is 0 Å². The Morgan fingerprint density at radius 1 is 1.35 bits per heavy atom. The van der Waals surface area contributed by atoms with Gasteiger partial charge in [0, 0.05) is 24.5 Å². The van der Waals surface area contributed by atoms with Crippen molar-refractivity contribution in [2.75, 3.05) is 24.5 Å². The van der Waals surface area contributed by atoms with E-state index in [4.69, 9.17) is 4.98 Å². The van der Waals surface area contributed by atoms with E-state index in [0.717, 1.165) is 25.4 Å². The number of aromatic nitrogens is 1. The Morgan fingerprint density at radius 3 is 2.65 bits per heavy atom. The molecule has 0 unspecified atom stereocenters. The second kappa shape index (κ2) is 7.41. The zero-order valence-electron chi connectivity index (χ0n) is 13.4. The average molecular weight is 295 g/mol. The maximum absolute atomic E-state index is 4.88. The Bertz CT molecular complexity index is 406. The van der Waals surface area contributed by atoms with Crippen LogP contribution >= 0.6 is 11.3 Å². The number of nitrogens with zero attached hydrogens (tertiary/aromatic N) is 2. The van der Waals surface area contributed by atoms with E-state index in [2.05, 4.69) is 37.9 Å². The molecule has 0 bridgehead atoms. The molecule has 0 radical (unpaired) electrons. The highest BCUT2D eigenvalue weighted by Crippen LogP contribution is 2.30. The van der Waals surface area contributed by atoms with Gasteiger partial charge in [0.25, 0.3) is 0 Å². The van der Waals surface area contributed by atoms with Crippen LogP contribution in [0.25, 0.3) is 0 Å². The number of aryl methyl sites for hydroxylation is 1. The molecule has 1 aromatic heterocycles. The van der Waals surface area contributed by atoms with E-state index in [1.54, 1.807) is 0 Å². The van der Waals surface area contributed by atoms with Crippen molar-refractivity contribution in [3.8, 4) is 0 Å². The van der Waals surface area contributed by atoms with E-state index >= 15 is 0 Å². The maximum Gasteiger partial charge on any atom is 0.185 e. The molecule has 0 atom stereocenters. The molecule has 1 N–H and O–H groups in total. The smallest absolute Gasteiger partial charge is 0.185 e. The highest BCUT2D eigenvalue weighted by molar-refractivity contribution is 7.15. The lowest BCUT2D eigenvalue weighted by atomic mass is 10.00. The fourth-order valence-corrected chi connectivity index (χ4v) is 3.76. The molecule has 1 fully saturated rings. The fraction of sp³-hybridized carbons (Fsp3) is 0.812. The summed E-state index contributed by atoms with van der Waals surface area (Å²) in [5.41, 5.74) is 1.29. The van der Waals surface area contributed by atoms with E-state index in [-0.39, 0.29) is 0 Å². The number of hydrogen-bond acceptors (Lipinski definition) is 4. The first-order valence-corrected chi connectivity index (χ1v) is 8.86. The Hall–Kier alpha value is -0.610. The van der Waals surface area contributed by atoms with E-state index in [9.17, 15) is 0 Å². The third kappa shape index (κ3) is 4.19. The number of piperidine rings is 1. The highest BCUT2D eigenvalue weighted by atomic mass is 32.1. The molecule has 20 heavy (non-hydrogen) atoms. The lowest BCUT2D eigenvalue weighted by Crippen LogP contribution is -2.32. The first-order valence-electron chi connectivity index (χ1n) is 8.04. The normalized spacial score (nSPS) is 17.1. The van der Waals surface area contributed by atoms with Crippen molar-refractivity contribution in [2.24, 2.45) is 11.8 Å². The molecular formula is C16H29N3S. The molecule has 0 saturated carbocycles. The summed E-state index contributed by atoms with van der Waals surface area (Å²) in [6.07, 6.45) is 3.66. The Morgan fingerprint density at radius 2 is 2.05 bits per heavy atom. The molecule has 1 aliphatic heterocycles. The Balaban J connectivity index is 1.98. The van der Waals surface area contributed by atoms with Gasteiger partial charge >= 0.3 is 0 Å². The highest BCUT2D eigenvalue weighted by Gasteiger charge is 2.20. The number of rotatable bonds is 6. The Labute approximate surface area is 127 Å². The second-order valence-corrected chi connectivity index (χ2v) is 7.48. The molecule has 4 heteroatoms. The summed E-state index contributed by atoms with van der Waals surface area (Å²) in [6, 6.07) is 0. The second-order valence-electron chi connectivity index (χ2n) is 6.41. The average Bonchev–Trinajstić information content (AvgIpc) is 2.82. The number of nitrogens with one attached hydrogen (secondary N) is 1. The molecule has 1 aliphatic rings. The number of anilines is 1. The van der Waals surface area contributed by atoms with Crippen LogP contribution in [-0.4, -0.2) is 24.6 Å². The Kier molecular flexibility index (Phi) is 5.85. The predicted molar refractivity (Wildman–Crippen MR) is 88.6 cm³/mol. The van der Waals surface area contributed by atoms with Crippen molar-refractivity contribution in [2.45, 2.75) is 53.5 Å². The van der Waals surface area contributed by atoms with Gasteiger partial charge in [0.15, 0.2) is 5.13 Å².